The first-order valence-electron chi connectivity index (χ1n) is 10.5. The Kier molecular flexibility index (Phi) is 8.39. The number of aromatic nitrogens is 3. The minimum atomic E-state index is -4.49. The van der Waals surface area contributed by atoms with Crippen LogP contribution < -0.4 is 15.4 Å². The van der Waals surface area contributed by atoms with E-state index in [1.807, 2.05) is 12.1 Å². The fraction of sp³-hybridized carbons (Fsp3) is 0.304. The van der Waals surface area contributed by atoms with Crippen molar-refractivity contribution in [3.8, 4) is 5.75 Å². The topological polar surface area (TPSA) is 98.1 Å². The van der Waals surface area contributed by atoms with Crippen LogP contribution in [0.3, 0.4) is 0 Å². The van der Waals surface area contributed by atoms with E-state index < -0.39 is 23.7 Å². The lowest BCUT2D eigenvalue weighted by atomic mass is 10.1. The summed E-state index contributed by atoms with van der Waals surface area (Å²) in [6.07, 6.45) is -4.31. The number of thioether (sulfide) groups is 1. The zero-order valence-electron chi connectivity index (χ0n) is 19.2. The Bertz CT molecular complexity index is 1180. The van der Waals surface area contributed by atoms with Gasteiger partial charge >= 0.3 is 6.18 Å². The predicted molar refractivity (Wildman–Crippen MR) is 125 cm³/mol. The van der Waals surface area contributed by atoms with Gasteiger partial charge in [-0.3, -0.25) is 9.59 Å². The van der Waals surface area contributed by atoms with Gasteiger partial charge in [-0.25, -0.2) is 0 Å². The molecule has 0 saturated carbocycles. The third-order valence-electron chi connectivity index (χ3n) is 4.96. The van der Waals surface area contributed by atoms with Crippen LogP contribution in [0.4, 0.5) is 18.9 Å². The maximum absolute atomic E-state index is 12.8. The largest absolute Gasteiger partial charge is 0.497 e. The smallest absolute Gasteiger partial charge is 0.416 e. The molecule has 1 heterocycles. The number of nitrogens with one attached hydrogen (secondary N) is 2. The SMILES string of the molecule is COc1ccc(CC(=O)N[C@H](C)c2nnc(SCC(=O)Nc3cccc(C(F)(F)F)c3)n2C)cc1. The van der Waals surface area contributed by atoms with E-state index in [2.05, 4.69) is 20.8 Å². The number of hydrogen-bond acceptors (Lipinski definition) is 6. The molecule has 0 spiro atoms. The van der Waals surface area contributed by atoms with Gasteiger partial charge in [-0.1, -0.05) is 30.0 Å². The Morgan fingerprint density at radius 1 is 1.11 bits per heavy atom. The lowest BCUT2D eigenvalue weighted by molar-refractivity contribution is -0.137. The van der Waals surface area contributed by atoms with E-state index >= 15 is 0 Å². The second-order valence-corrected chi connectivity index (χ2v) is 8.57. The Balaban J connectivity index is 1.53. The second-order valence-electron chi connectivity index (χ2n) is 7.63. The first-order chi connectivity index (χ1) is 16.6. The highest BCUT2D eigenvalue weighted by atomic mass is 32.2. The summed E-state index contributed by atoms with van der Waals surface area (Å²) in [5, 5.41) is 13.9. The summed E-state index contributed by atoms with van der Waals surface area (Å²) in [7, 11) is 3.27. The number of anilines is 1. The van der Waals surface area contributed by atoms with Gasteiger partial charge < -0.3 is 19.9 Å². The average molecular weight is 508 g/mol. The van der Waals surface area contributed by atoms with Crippen LogP contribution in [0.15, 0.2) is 53.7 Å². The number of methoxy groups -OCH3 is 1. The Morgan fingerprint density at radius 3 is 2.49 bits per heavy atom. The van der Waals surface area contributed by atoms with Gasteiger partial charge in [0.05, 0.1) is 30.9 Å². The number of amides is 2. The highest BCUT2D eigenvalue weighted by Crippen LogP contribution is 2.30. The quantitative estimate of drug-likeness (QED) is 0.425. The Hall–Kier alpha value is -3.54. The number of rotatable bonds is 9. The molecule has 0 bridgehead atoms. The third kappa shape index (κ3) is 7.22. The molecule has 0 unspecified atom stereocenters. The van der Waals surface area contributed by atoms with E-state index in [4.69, 9.17) is 4.74 Å². The molecular weight excluding hydrogens is 483 g/mol. The van der Waals surface area contributed by atoms with E-state index in [0.29, 0.717) is 16.7 Å². The molecule has 0 aliphatic heterocycles. The van der Waals surface area contributed by atoms with Gasteiger partial charge in [0.25, 0.3) is 0 Å². The molecule has 35 heavy (non-hydrogen) atoms. The maximum atomic E-state index is 12.8. The van der Waals surface area contributed by atoms with E-state index in [-0.39, 0.29) is 23.8 Å². The van der Waals surface area contributed by atoms with Gasteiger partial charge in [-0.15, -0.1) is 10.2 Å². The van der Waals surface area contributed by atoms with Crippen molar-refractivity contribution in [3.63, 3.8) is 0 Å². The summed E-state index contributed by atoms with van der Waals surface area (Å²) in [4.78, 5) is 24.6. The lowest BCUT2D eigenvalue weighted by Gasteiger charge is -2.14. The molecule has 2 aromatic carbocycles. The van der Waals surface area contributed by atoms with Crippen molar-refractivity contribution in [2.45, 2.75) is 30.7 Å². The van der Waals surface area contributed by atoms with Crippen molar-refractivity contribution in [3.05, 3.63) is 65.5 Å². The molecule has 0 saturated heterocycles. The molecule has 2 N–H and O–H groups in total. The summed E-state index contributed by atoms with van der Waals surface area (Å²) in [6, 6.07) is 11.2. The van der Waals surface area contributed by atoms with Crippen molar-refractivity contribution in [2.24, 2.45) is 7.05 Å². The second kappa shape index (κ2) is 11.3. The number of benzene rings is 2. The van der Waals surface area contributed by atoms with Crippen molar-refractivity contribution in [1.29, 1.82) is 0 Å². The average Bonchev–Trinajstić information content (AvgIpc) is 3.18. The predicted octanol–water partition coefficient (Wildman–Crippen LogP) is 3.99. The van der Waals surface area contributed by atoms with E-state index in [1.54, 1.807) is 37.8 Å². The first-order valence-corrected chi connectivity index (χ1v) is 11.5. The summed E-state index contributed by atoms with van der Waals surface area (Å²) < 4.78 is 45.3. The van der Waals surface area contributed by atoms with Gasteiger partial charge in [0.2, 0.25) is 11.8 Å². The number of alkyl halides is 3. The fourth-order valence-corrected chi connectivity index (χ4v) is 3.93. The van der Waals surface area contributed by atoms with Gasteiger partial charge in [0, 0.05) is 12.7 Å². The highest BCUT2D eigenvalue weighted by Gasteiger charge is 2.30. The minimum absolute atomic E-state index is 0.0530. The molecule has 1 aromatic heterocycles. The highest BCUT2D eigenvalue weighted by molar-refractivity contribution is 7.99. The molecule has 186 valence electrons. The van der Waals surface area contributed by atoms with E-state index in [9.17, 15) is 22.8 Å². The number of ether oxygens (including phenoxy) is 1. The van der Waals surface area contributed by atoms with E-state index in [1.165, 1.54) is 12.1 Å². The van der Waals surface area contributed by atoms with E-state index in [0.717, 1.165) is 29.5 Å². The monoisotopic (exact) mass is 507 g/mol. The number of nitrogens with zero attached hydrogens (tertiary/aromatic N) is 3. The zero-order chi connectivity index (χ0) is 25.6. The van der Waals surface area contributed by atoms with Crippen molar-refractivity contribution >= 4 is 29.3 Å². The fourth-order valence-electron chi connectivity index (χ4n) is 3.22. The summed E-state index contributed by atoms with van der Waals surface area (Å²) >= 11 is 1.08. The molecule has 3 rings (SSSR count). The lowest BCUT2D eigenvalue weighted by Crippen LogP contribution is -2.29. The molecule has 12 heteroatoms. The Labute approximate surface area is 204 Å². The van der Waals surface area contributed by atoms with Gasteiger partial charge in [0.15, 0.2) is 11.0 Å². The molecular formula is C23H24F3N5O3S. The van der Waals surface area contributed by atoms with Crippen molar-refractivity contribution in [1.82, 2.24) is 20.1 Å². The van der Waals surface area contributed by atoms with Crippen LogP contribution in [0.5, 0.6) is 5.75 Å². The van der Waals surface area contributed by atoms with Crippen LogP contribution in [0.2, 0.25) is 0 Å². The molecule has 1 atom stereocenters. The van der Waals surface area contributed by atoms with Crippen LogP contribution in [-0.2, 0) is 29.2 Å². The molecule has 0 radical (unpaired) electrons. The van der Waals surface area contributed by atoms with Gasteiger partial charge in [0.1, 0.15) is 5.75 Å². The summed E-state index contributed by atoms with van der Waals surface area (Å²) in [6.45, 7) is 1.77. The summed E-state index contributed by atoms with van der Waals surface area (Å²) in [5.41, 5.74) is 0.0395. The maximum Gasteiger partial charge on any atom is 0.416 e. The summed E-state index contributed by atoms with van der Waals surface area (Å²) in [5.74, 6) is 0.435. The molecule has 2 amide bonds. The van der Waals surface area contributed by atoms with Crippen LogP contribution in [0.25, 0.3) is 0 Å². The minimum Gasteiger partial charge on any atom is -0.497 e. The number of halogens is 3. The van der Waals surface area contributed by atoms with Crippen LogP contribution in [0, 0.1) is 0 Å². The van der Waals surface area contributed by atoms with Crippen LogP contribution in [-0.4, -0.2) is 39.4 Å². The van der Waals surface area contributed by atoms with Crippen molar-refractivity contribution in [2.75, 3.05) is 18.2 Å². The zero-order valence-corrected chi connectivity index (χ0v) is 20.0. The Morgan fingerprint density at radius 2 is 1.83 bits per heavy atom. The van der Waals surface area contributed by atoms with Gasteiger partial charge in [-0.2, -0.15) is 13.2 Å². The first kappa shape index (κ1) is 26.1. The van der Waals surface area contributed by atoms with Crippen LogP contribution >= 0.6 is 11.8 Å². The van der Waals surface area contributed by atoms with Crippen molar-refractivity contribution < 1.29 is 27.5 Å². The third-order valence-corrected chi connectivity index (χ3v) is 5.98. The van der Waals surface area contributed by atoms with Gasteiger partial charge in [-0.05, 0) is 42.8 Å². The molecule has 0 aliphatic carbocycles. The molecule has 0 fully saturated rings. The number of carbonyl (C=O) groups excluding carboxylic acids is 2. The molecule has 3 aromatic rings. The van der Waals surface area contributed by atoms with Crippen LogP contribution in [0.1, 0.15) is 29.9 Å². The normalized spacial score (nSPS) is 12.2. The number of hydrogen-bond donors (Lipinski definition) is 2. The number of carbonyl (C=O) groups is 2. The standard InChI is InChI=1S/C23H24F3N5O3S/c1-14(27-19(32)11-15-7-9-18(34-3)10-8-15)21-29-30-22(31(21)2)35-13-20(33)28-17-6-4-5-16(12-17)23(24,25)26/h4-10,12,14H,11,13H2,1-3H3,(H,27,32)(H,28,33)/t14-/m1/s1. The molecule has 0 aliphatic rings. The molecule has 8 nitrogen and oxygen atoms in total.